The maximum atomic E-state index is 6.18. The number of aryl methyl sites for hydroxylation is 1. The molecule has 29 heavy (non-hydrogen) atoms. The van der Waals surface area contributed by atoms with E-state index < -0.39 is 5.79 Å². The minimum absolute atomic E-state index is 0.0606. The van der Waals surface area contributed by atoms with Gasteiger partial charge in [0.15, 0.2) is 12.1 Å². The van der Waals surface area contributed by atoms with E-state index in [0.29, 0.717) is 0 Å². The molecule has 0 spiro atoms. The largest absolute Gasteiger partial charge is 0.347 e. The molecule has 160 valence electrons. The Morgan fingerprint density at radius 2 is 1.90 bits per heavy atom. The normalized spacial score (nSPS) is 29.6. The van der Waals surface area contributed by atoms with Crippen LogP contribution in [-0.4, -0.2) is 36.5 Å². The average Bonchev–Trinajstić information content (AvgIpc) is 2.66. The van der Waals surface area contributed by atoms with Gasteiger partial charge in [-0.3, -0.25) is 0 Å². The highest BCUT2D eigenvalue weighted by atomic mass is 16.7. The van der Waals surface area contributed by atoms with Crippen LogP contribution >= 0.6 is 0 Å². The fourth-order valence-corrected chi connectivity index (χ4v) is 3.96. The molecular formula is C25H36O4. The van der Waals surface area contributed by atoms with E-state index in [0.717, 1.165) is 32.1 Å². The highest BCUT2D eigenvalue weighted by Crippen LogP contribution is 2.30. The Hall–Kier alpha value is -1.46. The lowest BCUT2D eigenvalue weighted by Gasteiger charge is -2.40. The van der Waals surface area contributed by atoms with Crippen LogP contribution in [0.2, 0.25) is 0 Å². The number of hydrogen-bond acceptors (Lipinski definition) is 4. The average molecular weight is 401 g/mol. The van der Waals surface area contributed by atoms with E-state index in [1.54, 1.807) is 0 Å². The summed E-state index contributed by atoms with van der Waals surface area (Å²) in [6.45, 7) is 8.08. The smallest absolute Gasteiger partial charge is 0.177 e. The van der Waals surface area contributed by atoms with Crippen molar-refractivity contribution in [1.29, 1.82) is 0 Å². The molecule has 0 saturated carbocycles. The molecule has 0 unspecified atom stereocenters. The summed E-state index contributed by atoms with van der Waals surface area (Å²) in [4.78, 5) is 0. The molecule has 4 nitrogen and oxygen atoms in total. The van der Waals surface area contributed by atoms with Crippen molar-refractivity contribution in [3.05, 3.63) is 60.2 Å². The third-order valence-corrected chi connectivity index (χ3v) is 5.15. The zero-order valence-corrected chi connectivity index (χ0v) is 18.3. The van der Waals surface area contributed by atoms with Crippen molar-refractivity contribution < 1.29 is 18.9 Å². The quantitative estimate of drug-likeness (QED) is 0.535. The van der Waals surface area contributed by atoms with Crippen LogP contribution in [0.15, 0.2) is 54.6 Å². The Morgan fingerprint density at radius 3 is 2.66 bits per heavy atom. The summed E-state index contributed by atoms with van der Waals surface area (Å²) in [6, 6.07) is 10.6. The molecule has 3 rings (SSSR count). The Balaban J connectivity index is 1.48. The summed E-state index contributed by atoms with van der Waals surface area (Å²) < 4.78 is 24.1. The molecule has 4 heteroatoms. The topological polar surface area (TPSA) is 36.9 Å². The van der Waals surface area contributed by atoms with E-state index in [-0.39, 0.29) is 30.7 Å². The molecule has 0 aliphatic carbocycles. The molecule has 1 aromatic rings. The molecule has 1 fully saturated rings. The molecule has 1 aromatic carbocycles. The fourth-order valence-electron chi connectivity index (χ4n) is 3.96. The highest BCUT2D eigenvalue weighted by molar-refractivity contribution is 5.14. The second kappa shape index (κ2) is 10.5. The summed E-state index contributed by atoms with van der Waals surface area (Å²) >= 11 is 0. The molecule has 2 heterocycles. The van der Waals surface area contributed by atoms with Gasteiger partial charge in [0.25, 0.3) is 0 Å². The number of benzene rings is 1. The summed E-state index contributed by atoms with van der Waals surface area (Å²) in [5.41, 5.74) is 1.36. The Bertz CT molecular complexity index is 665. The van der Waals surface area contributed by atoms with E-state index in [1.807, 2.05) is 33.8 Å². The van der Waals surface area contributed by atoms with E-state index >= 15 is 0 Å². The third kappa shape index (κ3) is 7.71. The Kier molecular flexibility index (Phi) is 8.07. The molecular weight excluding hydrogens is 364 g/mol. The Labute approximate surface area is 175 Å². The van der Waals surface area contributed by atoms with Gasteiger partial charge >= 0.3 is 0 Å². The minimum Gasteiger partial charge on any atom is -0.347 e. The van der Waals surface area contributed by atoms with Gasteiger partial charge in [-0.2, -0.15) is 0 Å². The van der Waals surface area contributed by atoms with Crippen molar-refractivity contribution in [3.63, 3.8) is 0 Å². The molecule has 2 aliphatic heterocycles. The van der Waals surface area contributed by atoms with Crippen LogP contribution in [0, 0.1) is 0 Å². The summed E-state index contributed by atoms with van der Waals surface area (Å²) in [5, 5.41) is 0. The summed E-state index contributed by atoms with van der Waals surface area (Å²) in [6.07, 6.45) is 13.5. The molecule has 0 radical (unpaired) electrons. The number of ether oxygens (including phenoxy) is 4. The van der Waals surface area contributed by atoms with E-state index in [2.05, 4.69) is 48.6 Å². The number of rotatable bonds is 8. The van der Waals surface area contributed by atoms with Crippen LogP contribution in [-0.2, 0) is 25.4 Å². The molecule has 1 saturated heterocycles. The van der Waals surface area contributed by atoms with Crippen molar-refractivity contribution in [1.82, 2.24) is 0 Å². The lowest BCUT2D eigenvalue weighted by molar-refractivity contribution is -0.299. The second-order valence-corrected chi connectivity index (χ2v) is 8.69. The van der Waals surface area contributed by atoms with Gasteiger partial charge in [0.05, 0.1) is 24.4 Å². The van der Waals surface area contributed by atoms with Crippen molar-refractivity contribution in [2.24, 2.45) is 0 Å². The van der Waals surface area contributed by atoms with E-state index in [1.165, 1.54) is 5.56 Å². The lowest BCUT2D eigenvalue weighted by Crippen LogP contribution is -2.44. The first kappa shape index (κ1) is 22.2. The van der Waals surface area contributed by atoms with Gasteiger partial charge in [0.2, 0.25) is 0 Å². The molecule has 0 amide bonds. The van der Waals surface area contributed by atoms with Crippen molar-refractivity contribution >= 4 is 0 Å². The van der Waals surface area contributed by atoms with Gasteiger partial charge in [-0.15, -0.1) is 0 Å². The monoisotopic (exact) mass is 400 g/mol. The molecule has 0 N–H and O–H groups in total. The highest BCUT2D eigenvalue weighted by Gasteiger charge is 2.34. The zero-order valence-electron chi connectivity index (χ0n) is 18.3. The van der Waals surface area contributed by atoms with Gasteiger partial charge in [-0.05, 0) is 65.0 Å². The van der Waals surface area contributed by atoms with Gasteiger partial charge in [0.1, 0.15) is 0 Å². The van der Waals surface area contributed by atoms with Crippen molar-refractivity contribution in [3.8, 4) is 0 Å². The summed E-state index contributed by atoms with van der Waals surface area (Å²) in [5.74, 6) is -0.543. The van der Waals surface area contributed by atoms with Crippen LogP contribution in [0.1, 0.15) is 58.9 Å². The lowest BCUT2D eigenvalue weighted by atomic mass is 9.99. The van der Waals surface area contributed by atoms with E-state index in [4.69, 9.17) is 18.9 Å². The number of hydrogen-bond donors (Lipinski definition) is 0. The fraction of sp³-hybridized carbons (Fsp3) is 0.600. The maximum absolute atomic E-state index is 6.18. The minimum atomic E-state index is -0.543. The standard InChI is InChI=1S/C25H36O4/c1-19(2)26-24-15-9-13-21(27-24)12-8-14-22-18-23(29-25(3,4)28-22)17-16-20-10-6-5-7-11-20/h5-12,15,19,21-24H,13-14,16-18H2,1-4H3/b12-8+/t21-,22-,23-,24+/m0/s1. The predicted octanol–water partition coefficient (Wildman–Crippen LogP) is 5.57. The SMILES string of the molecule is CC(C)O[C@H]1C=CC[C@H](/C=C/C[C@H]2C[C@H](CCc3ccccc3)OC(C)(C)O2)O1. The third-order valence-electron chi connectivity index (χ3n) is 5.15. The van der Waals surface area contributed by atoms with Crippen LogP contribution in [0.4, 0.5) is 0 Å². The van der Waals surface area contributed by atoms with Gasteiger partial charge in [-0.1, -0.05) is 48.6 Å². The maximum Gasteiger partial charge on any atom is 0.177 e. The second-order valence-electron chi connectivity index (χ2n) is 8.69. The predicted molar refractivity (Wildman–Crippen MR) is 116 cm³/mol. The van der Waals surface area contributed by atoms with Gasteiger partial charge in [-0.25, -0.2) is 0 Å². The molecule has 0 aromatic heterocycles. The van der Waals surface area contributed by atoms with Gasteiger partial charge < -0.3 is 18.9 Å². The van der Waals surface area contributed by atoms with E-state index in [9.17, 15) is 0 Å². The Morgan fingerprint density at radius 1 is 1.14 bits per heavy atom. The summed E-state index contributed by atoms with van der Waals surface area (Å²) in [7, 11) is 0. The molecule has 4 atom stereocenters. The molecule has 2 aliphatic rings. The zero-order chi connectivity index (χ0) is 20.7. The first-order valence-corrected chi connectivity index (χ1v) is 10.9. The van der Waals surface area contributed by atoms with Crippen molar-refractivity contribution in [2.45, 2.75) is 96.3 Å². The molecule has 0 bridgehead atoms. The van der Waals surface area contributed by atoms with Gasteiger partial charge in [0, 0.05) is 6.42 Å². The van der Waals surface area contributed by atoms with Crippen molar-refractivity contribution in [2.75, 3.05) is 0 Å². The van der Waals surface area contributed by atoms with Crippen LogP contribution in [0.3, 0.4) is 0 Å². The first-order valence-electron chi connectivity index (χ1n) is 10.9. The first-order chi connectivity index (χ1) is 13.9. The van der Waals surface area contributed by atoms with Crippen LogP contribution in [0.25, 0.3) is 0 Å². The van der Waals surface area contributed by atoms with Crippen LogP contribution < -0.4 is 0 Å². The van der Waals surface area contributed by atoms with Crippen LogP contribution in [0.5, 0.6) is 0 Å².